The van der Waals surface area contributed by atoms with E-state index >= 15 is 0 Å². The molecule has 2 aromatic heterocycles. The molecule has 6 nitrogen and oxygen atoms in total. The van der Waals surface area contributed by atoms with Gasteiger partial charge < -0.3 is 4.42 Å². The second-order valence-corrected chi connectivity index (χ2v) is 8.86. The van der Waals surface area contributed by atoms with E-state index in [0.717, 1.165) is 35.6 Å². The van der Waals surface area contributed by atoms with Gasteiger partial charge in [-0.2, -0.15) is 0 Å². The van der Waals surface area contributed by atoms with E-state index in [9.17, 15) is 4.39 Å². The highest BCUT2D eigenvalue weighted by Gasteiger charge is 2.32. The van der Waals surface area contributed by atoms with Crippen LogP contribution in [0.5, 0.6) is 0 Å². The predicted octanol–water partition coefficient (Wildman–Crippen LogP) is 5.97. The average molecular weight is 466 g/mol. The van der Waals surface area contributed by atoms with E-state index in [4.69, 9.17) is 16.0 Å². The Bertz CT molecular complexity index is 1170. The van der Waals surface area contributed by atoms with Gasteiger partial charge in [-0.1, -0.05) is 54.8 Å². The Kier molecular flexibility index (Phi) is 6.51. The molecule has 0 bridgehead atoms. The van der Waals surface area contributed by atoms with Crippen molar-refractivity contribution in [1.82, 2.24) is 25.1 Å². The minimum absolute atomic E-state index is 0.267. The third-order valence-corrected chi connectivity index (χ3v) is 6.62. The van der Waals surface area contributed by atoms with Gasteiger partial charge in [-0.15, -0.1) is 5.10 Å². The van der Waals surface area contributed by atoms with Crippen molar-refractivity contribution in [3.63, 3.8) is 0 Å². The minimum Gasteiger partial charge on any atom is -0.468 e. The van der Waals surface area contributed by atoms with Crippen LogP contribution in [0.4, 0.5) is 4.39 Å². The van der Waals surface area contributed by atoms with Gasteiger partial charge in [0.25, 0.3) is 0 Å². The standard InChI is InChI=1S/C25H25ClFN5O/c26-23-10-4-1-6-19(23)16-31(17-22-9-5-15-33-22)24(18-11-13-20(27)14-12-18)25-28-29-30-32(25)21-7-2-3-8-21/h1,4-6,9-15,21,24H,2-3,7-8,16-17H2. The quantitative estimate of drug-likeness (QED) is 0.321. The number of halogens is 2. The van der Waals surface area contributed by atoms with Crippen LogP contribution in [0.1, 0.15) is 60.5 Å². The molecule has 1 saturated carbocycles. The lowest BCUT2D eigenvalue weighted by molar-refractivity contribution is 0.177. The smallest absolute Gasteiger partial charge is 0.173 e. The van der Waals surface area contributed by atoms with Gasteiger partial charge in [0.05, 0.1) is 24.9 Å². The van der Waals surface area contributed by atoms with Gasteiger partial charge in [0, 0.05) is 11.6 Å². The summed E-state index contributed by atoms with van der Waals surface area (Å²) in [6.45, 7) is 1.05. The lowest BCUT2D eigenvalue weighted by Gasteiger charge is -2.31. The maximum Gasteiger partial charge on any atom is 0.173 e. The monoisotopic (exact) mass is 465 g/mol. The Morgan fingerprint density at radius 3 is 2.55 bits per heavy atom. The van der Waals surface area contributed by atoms with E-state index in [1.165, 1.54) is 25.0 Å². The molecule has 8 heteroatoms. The van der Waals surface area contributed by atoms with Crippen molar-refractivity contribution in [3.8, 4) is 0 Å². The van der Waals surface area contributed by atoms with Crippen LogP contribution in [0.25, 0.3) is 0 Å². The Morgan fingerprint density at radius 1 is 1.03 bits per heavy atom. The number of hydrogen-bond acceptors (Lipinski definition) is 5. The highest BCUT2D eigenvalue weighted by Crippen LogP contribution is 2.36. The first kappa shape index (κ1) is 21.8. The van der Waals surface area contributed by atoms with E-state index in [1.807, 2.05) is 41.1 Å². The van der Waals surface area contributed by atoms with Gasteiger partial charge in [-0.3, -0.25) is 4.90 Å². The summed E-state index contributed by atoms with van der Waals surface area (Å²) in [7, 11) is 0. The highest BCUT2D eigenvalue weighted by molar-refractivity contribution is 6.31. The van der Waals surface area contributed by atoms with Crippen LogP contribution in [0.3, 0.4) is 0 Å². The molecule has 0 spiro atoms. The molecular formula is C25H25ClFN5O. The first-order chi connectivity index (χ1) is 16.2. The Balaban J connectivity index is 1.60. The molecule has 1 atom stereocenters. The molecule has 1 fully saturated rings. The van der Waals surface area contributed by atoms with Crippen LogP contribution in [0.2, 0.25) is 5.02 Å². The van der Waals surface area contributed by atoms with Crippen molar-refractivity contribution in [2.45, 2.75) is 50.9 Å². The summed E-state index contributed by atoms with van der Waals surface area (Å²) in [5, 5.41) is 13.6. The van der Waals surface area contributed by atoms with Crippen molar-refractivity contribution >= 4 is 11.6 Å². The van der Waals surface area contributed by atoms with Gasteiger partial charge in [-0.25, -0.2) is 9.07 Å². The SMILES string of the molecule is Fc1ccc(C(c2nnnn2C2CCCC2)N(Cc2ccco2)Cc2ccccc2Cl)cc1. The fraction of sp³-hybridized carbons (Fsp3) is 0.320. The molecule has 0 aliphatic heterocycles. The van der Waals surface area contributed by atoms with E-state index < -0.39 is 0 Å². The number of aromatic nitrogens is 4. The van der Waals surface area contributed by atoms with Crippen molar-refractivity contribution in [3.05, 3.63) is 100 Å². The van der Waals surface area contributed by atoms with Gasteiger partial charge in [0.15, 0.2) is 5.82 Å². The first-order valence-corrected chi connectivity index (χ1v) is 11.6. The topological polar surface area (TPSA) is 60.0 Å². The molecule has 2 heterocycles. The van der Waals surface area contributed by atoms with Crippen molar-refractivity contribution in [2.75, 3.05) is 0 Å². The van der Waals surface area contributed by atoms with Gasteiger partial charge in [0.1, 0.15) is 11.6 Å². The van der Waals surface area contributed by atoms with Crippen LogP contribution in [0, 0.1) is 5.82 Å². The largest absolute Gasteiger partial charge is 0.468 e. The van der Waals surface area contributed by atoms with Crippen LogP contribution >= 0.6 is 11.6 Å². The minimum atomic E-state index is -0.317. The normalized spacial score (nSPS) is 15.4. The van der Waals surface area contributed by atoms with E-state index in [-0.39, 0.29) is 17.9 Å². The van der Waals surface area contributed by atoms with E-state index in [2.05, 4.69) is 20.4 Å². The molecule has 0 amide bonds. The number of nitrogens with zero attached hydrogens (tertiary/aromatic N) is 5. The summed E-state index contributed by atoms with van der Waals surface area (Å²) in [4.78, 5) is 2.23. The number of tetrazole rings is 1. The highest BCUT2D eigenvalue weighted by atomic mass is 35.5. The fourth-order valence-electron chi connectivity index (χ4n) is 4.64. The van der Waals surface area contributed by atoms with Crippen LogP contribution < -0.4 is 0 Å². The maximum absolute atomic E-state index is 13.8. The molecule has 4 aromatic rings. The first-order valence-electron chi connectivity index (χ1n) is 11.2. The van der Waals surface area contributed by atoms with Gasteiger partial charge in [-0.05, 0) is 64.7 Å². The molecule has 170 valence electrons. The Labute approximate surface area is 197 Å². The number of rotatable bonds is 8. The van der Waals surface area contributed by atoms with Gasteiger partial charge >= 0.3 is 0 Å². The number of furan rings is 1. The predicted molar refractivity (Wildman–Crippen MR) is 123 cm³/mol. The molecule has 5 rings (SSSR count). The second kappa shape index (κ2) is 9.85. The van der Waals surface area contributed by atoms with Crippen LogP contribution in [-0.4, -0.2) is 25.1 Å². The molecule has 33 heavy (non-hydrogen) atoms. The van der Waals surface area contributed by atoms with Crippen molar-refractivity contribution in [1.29, 1.82) is 0 Å². The molecule has 1 aliphatic rings. The molecular weight excluding hydrogens is 441 g/mol. The molecule has 1 aliphatic carbocycles. The molecule has 2 aromatic carbocycles. The lowest BCUT2D eigenvalue weighted by atomic mass is 10.0. The second-order valence-electron chi connectivity index (χ2n) is 8.45. The van der Waals surface area contributed by atoms with Crippen LogP contribution in [-0.2, 0) is 13.1 Å². The van der Waals surface area contributed by atoms with Crippen molar-refractivity contribution < 1.29 is 8.81 Å². The molecule has 0 N–H and O–H groups in total. The van der Waals surface area contributed by atoms with E-state index in [0.29, 0.717) is 18.1 Å². The molecule has 0 radical (unpaired) electrons. The Hall–Kier alpha value is -3.03. The zero-order valence-electron chi connectivity index (χ0n) is 18.1. The van der Waals surface area contributed by atoms with Crippen molar-refractivity contribution in [2.24, 2.45) is 0 Å². The molecule has 0 saturated heterocycles. The summed E-state index contributed by atoms with van der Waals surface area (Å²) < 4.78 is 21.5. The lowest BCUT2D eigenvalue weighted by Crippen LogP contribution is -2.32. The Morgan fingerprint density at radius 2 is 1.82 bits per heavy atom. The number of hydrogen-bond donors (Lipinski definition) is 0. The number of benzene rings is 2. The summed E-state index contributed by atoms with van der Waals surface area (Å²) in [5.74, 6) is 1.28. The molecule has 1 unspecified atom stereocenters. The summed E-state index contributed by atoms with van der Waals surface area (Å²) in [6.07, 6.45) is 6.11. The third-order valence-electron chi connectivity index (χ3n) is 6.25. The summed E-state index contributed by atoms with van der Waals surface area (Å²) >= 11 is 6.54. The van der Waals surface area contributed by atoms with E-state index in [1.54, 1.807) is 18.4 Å². The zero-order valence-corrected chi connectivity index (χ0v) is 18.9. The summed E-state index contributed by atoms with van der Waals surface area (Å²) in [5.41, 5.74) is 1.89. The average Bonchev–Trinajstić information content (AvgIpc) is 3.60. The zero-order chi connectivity index (χ0) is 22.6. The van der Waals surface area contributed by atoms with Gasteiger partial charge in [0.2, 0.25) is 0 Å². The maximum atomic E-state index is 13.8. The fourth-order valence-corrected chi connectivity index (χ4v) is 4.84. The third kappa shape index (κ3) is 4.84. The van der Waals surface area contributed by atoms with Crippen LogP contribution in [0.15, 0.2) is 71.3 Å². The summed E-state index contributed by atoms with van der Waals surface area (Å²) in [6, 6.07) is 18.1.